The van der Waals surface area contributed by atoms with Gasteiger partial charge in [0.05, 0.1) is 20.0 Å². The number of para-hydroxylation sites is 1. The van der Waals surface area contributed by atoms with Gasteiger partial charge in [-0.3, -0.25) is 4.79 Å². The van der Waals surface area contributed by atoms with Crippen molar-refractivity contribution >= 4 is 11.9 Å². The van der Waals surface area contributed by atoms with Crippen molar-refractivity contribution in [2.45, 2.75) is 6.10 Å². The number of furan rings is 1. The van der Waals surface area contributed by atoms with Gasteiger partial charge in [-0.05, 0) is 18.2 Å². The molecule has 0 aliphatic carbocycles. The smallest absolute Gasteiger partial charge is 0.375 e. The van der Waals surface area contributed by atoms with Gasteiger partial charge in [-0.15, -0.1) is 0 Å². The molecule has 0 unspecified atom stereocenters. The maximum Gasteiger partial charge on any atom is 0.375 e. The van der Waals surface area contributed by atoms with Gasteiger partial charge in [0.2, 0.25) is 11.9 Å². The average Bonchev–Trinajstić information content (AvgIpc) is 3.14. The van der Waals surface area contributed by atoms with E-state index in [2.05, 4.69) is 5.32 Å². The molecule has 0 fully saturated rings. The molecule has 0 spiro atoms. The lowest BCUT2D eigenvalue weighted by molar-refractivity contribution is -0.130. The third kappa shape index (κ3) is 4.36. The number of benzene rings is 1. The van der Waals surface area contributed by atoms with Crippen LogP contribution in [0.5, 0.6) is 5.75 Å². The lowest BCUT2D eigenvalue weighted by atomic mass is 10.1. The van der Waals surface area contributed by atoms with Crippen LogP contribution in [0.3, 0.4) is 0 Å². The van der Waals surface area contributed by atoms with Crippen LogP contribution in [-0.4, -0.2) is 39.2 Å². The number of nitrogens with one attached hydrogen (secondary N) is 1. The Kier molecular flexibility index (Phi) is 6.39. The Balaban J connectivity index is 2.23. The fraction of sp³-hybridized carbons (Fsp3) is 0.294. The summed E-state index contributed by atoms with van der Waals surface area (Å²) < 4.78 is 20.5. The number of rotatable bonds is 8. The maximum absolute atomic E-state index is 12.5. The molecule has 128 valence electrons. The first-order valence-electron chi connectivity index (χ1n) is 7.31. The molecule has 1 amide bonds. The van der Waals surface area contributed by atoms with Crippen molar-refractivity contribution in [2.75, 3.05) is 27.4 Å². The van der Waals surface area contributed by atoms with Gasteiger partial charge in [0.15, 0.2) is 0 Å². The van der Waals surface area contributed by atoms with Crippen molar-refractivity contribution in [3.63, 3.8) is 0 Å². The molecule has 0 saturated heterocycles. The summed E-state index contributed by atoms with van der Waals surface area (Å²) in [6.45, 7) is 0.635. The van der Waals surface area contributed by atoms with Gasteiger partial charge < -0.3 is 23.9 Å². The Morgan fingerprint density at radius 3 is 2.62 bits per heavy atom. The first-order chi connectivity index (χ1) is 11.7. The summed E-state index contributed by atoms with van der Waals surface area (Å²) in [7, 11) is 3.01. The summed E-state index contributed by atoms with van der Waals surface area (Å²) in [5.41, 5.74) is 0.440. The predicted octanol–water partition coefficient (Wildman–Crippen LogP) is 1.95. The minimum Gasteiger partial charge on any atom is -0.496 e. The summed E-state index contributed by atoms with van der Waals surface area (Å²) in [5, 5.41) is 2.66. The van der Waals surface area contributed by atoms with E-state index in [-0.39, 0.29) is 5.76 Å². The van der Waals surface area contributed by atoms with E-state index < -0.39 is 18.0 Å². The second-order valence-corrected chi connectivity index (χ2v) is 4.79. The zero-order valence-corrected chi connectivity index (χ0v) is 13.5. The van der Waals surface area contributed by atoms with E-state index in [0.29, 0.717) is 24.5 Å². The van der Waals surface area contributed by atoms with Gasteiger partial charge >= 0.3 is 5.97 Å². The van der Waals surface area contributed by atoms with E-state index in [0.717, 1.165) is 0 Å². The van der Waals surface area contributed by atoms with Crippen LogP contribution in [0, 0.1) is 0 Å². The van der Waals surface area contributed by atoms with E-state index in [1.807, 2.05) is 0 Å². The van der Waals surface area contributed by atoms with Crippen LogP contribution in [0.1, 0.15) is 22.2 Å². The van der Waals surface area contributed by atoms with Gasteiger partial charge in [0.1, 0.15) is 5.75 Å². The molecule has 7 heteroatoms. The molecule has 0 aliphatic heterocycles. The van der Waals surface area contributed by atoms with Gasteiger partial charge in [-0.25, -0.2) is 4.79 Å². The zero-order chi connectivity index (χ0) is 17.4. The van der Waals surface area contributed by atoms with Crippen LogP contribution < -0.4 is 10.1 Å². The summed E-state index contributed by atoms with van der Waals surface area (Å²) in [4.78, 5) is 24.6. The Morgan fingerprint density at radius 2 is 1.96 bits per heavy atom. The molecule has 1 heterocycles. The van der Waals surface area contributed by atoms with Crippen molar-refractivity contribution in [1.82, 2.24) is 5.32 Å². The van der Waals surface area contributed by atoms with Crippen LogP contribution >= 0.6 is 0 Å². The van der Waals surface area contributed by atoms with Crippen LogP contribution in [-0.2, 0) is 14.3 Å². The molecule has 0 radical (unpaired) electrons. The number of esters is 1. The minimum atomic E-state index is -1.17. The molecule has 1 atom stereocenters. The van der Waals surface area contributed by atoms with Crippen molar-refractivity contribution in [3.8, 4) is 5.75 Å². The van der Waals surface area contributed by atoms with E-state index in [1.54, 1.807) is 30.3 Å². The van der Waals surface area contributed by atoms with Crippen LogP contribution in [0.15, 0.2) is 47.1 Å². The Morgan fingerprint density at radius 1 is 1.17 bits per heavy atom. The molecule has 1 aromatic carbocycles. The number of hydrogen-bond donors (Lipinski definition) is 1. The van der Waals surface area contributed by atoms with Gasteiger partial charge in [0, 0.05) is 19.2 Å². The van der Waals surface area contributed by atoms with Crippen LogP contribution in [0.25, 0.3) is 0 Å². The number of carbonyl (C=O) groups is 2. The summed E-state index contributed by atoms with van der Waals surface area (Å²) >= 11 is 0. The van der Waals surface area contributed by atoms with Crippen molar-refractivity contribution in [1.29, 1.82) is 0 Å². The summed E-state index contributed by atoms with van der Waals surface area (Å²) in [6, 6.07) is 9.86. The number of methoxy groups -OCH3 is 2. The highest BCUT2D eigenvalue weighted by Gasteiger charge is 2.29. The van der Waals surface area contributed by atoms with Gasteiger partial charge in [-0.2, -0.15) is 0 Å². The molecule has 1 aromatic heterocycles. The first-order valence-corrected chi connectivity index (χ1v) is 7.31. The number of amides is 1. The molecule has 0 saturated carbocycles. The second-order valence-electron chi connectivity index (χ2n) is 4.79. The highest BCUT2D eigenvalue weighted by Crippen LogP contribution is 2.28. The predicted molar refractivity (Wildman–Crippen MR) is 84.7 cm³/mol. The van der Waals surface area contributed by atoms with Crippen molar-refractivity contribution < 1.29 is 28.2 Å². The molecular formula is C17H19NO6. The molecule has 7 nitrogen and oxygen atoms in total. The highest BCUT2D eigenvalue weighted by atomic mass is 16.6. The highest BCUT2D eigenvalue weighted by molar-refractivity contribution is 5.91. The molecule has 2 aromatic rings. The zero-order valence-electron chi connectivity index (χ0n) is 13.5. The average molecular weight is 333 g/mol. The first kappa shape index (κ1) is 17.6. The minimum absolute atomic E-state index is 0.0135. The van der Waals surface area contributed by atoms with E-state index in [1.165, 1.54) is 26.5 Å². The second kappa shape index (κ2) is 8.73. The third-order valence-electron chi connectivity index (χ3n) is 3.21. The fourth-order valence-electron chi connectivity index (χ4n) is 2.07. The third-order valence-corrected chi connectivity index (χ3v) is 3.21. The number of carbonyl (C=O) groups excluding carboxylic acids is 2. The lowest BCUT2D eigenvalue weighted by Crippen LogP contribution is -2.34. The topological polar surface area (TPSA) is 87.0 Å². The Labute approximate surface area is 139 Å². The van der Waals surface area contributed by atoms with Crippen LogP contribution in [0.2, 0.25) is 0 Å². The largest absolute Gasteiger partial charge is 0.496 e. The summed E-state index contributed by atoms with van der Waals surface area (Å²) in [6.07, 6.45) is 0.184. The van der Waals surface area contributed by atoms with Crippen molar-refractivity contribution in [3.05, 3.63) is 54.0 Å². The fourth-order valence-corrected chi connectivity index (χ4v) is 2.07. The molecule has 0 bridgehead atoms. The Bertz CT molecular complexity index is 667. The standard InChI is InChI=1S/C17H19NO6/c1-21-11-9-18-16(19)15(12-6-3-4-7-13(12)22-2)24-17(20)14-8-5-10-23-14/h3-8,10,15H,9,11H2,1-2H3,(H,18,19)/t15-/m0/s1. The monoisotopic (exact) mass is 333 g/mol. The molecule has 24 heavy (non-hydrogen) atoms. The van der Waals surface area contributed by atoms with Gasteiger partial charge in [-0.1, -0.05) is 18.2 Å². The summed E-state index contributed by atoms with van der Waals surface area (Å²) in [5.74, 6) is -0.759. The SMILES string of the molecule is COCCNC(=O)[C@@H](OC(=O)c1ccco1)c1ccccc1OC. The van der Waals surface area contributed by atoms with Crippen LogP contribution in [0.4, 0.5) is 0 Å². The normalized spacial score (nSPS) is 11.6. The van der Waals surface area contributed by atoms with E-state index >= 15 is 0 Å². The lowest BCUT2D eigenvalue weighted by Gasteiger charge is -2.19. The maximum atomic E-state index is 12.5. The van der Waals surface area contributed by atoms with E-state index in [4.69, 9.17) is 18.6 Å². The molecular weight excluding hydrogens is 314 g/mol. The molecule has 0 aliphatic rings. The Hall–Kier alpha value is -2.80. The van der Waals surface area contributed by atoms with Crippen molar-refractivity contribution in [2.24, 2.45) is 0 Å². The number of hydrogen-bond acceptors (Lipinski definition) is 6. The molecule has 1 N–H and O–H groups in total. The van der Waals surface area contributed by atoms with Gasteiger partial charge in [0.25, 0.3) is 5.91 Å². The van der Waals surface area contributed by atoms with E-state index in [9.17, 15) is 9.59 Å². The number of ether oxygens (including phenoxy) is 3. The molecule has 2 rings (SSSR count). The quantitative estimate of drug-likeness (QED) is 0.587.